The summed E-state index contributed by atoms with van der Waals surface area (Å²) < 4.78 is 0. The molecule has 334 valence electrons. The van der Waals surface area contributed by atoms with Gasteiger partial charge < -0.3 is 64.2 Å². The lowest BCUT2D eigenvalue weighted by molar-refractivity contribution is -0.143. The van der Waals surface area contributed by atoms with Crippen molar-refractivity contribution in [2.75, 3.05) is 32.7 Å². The monoisotopic (exact) mass is 843 g/mol. The zero-order valence-electron chi connectivity index (χ0n) is 35.2. The molecule has 2 heterocycles. The highest BCUT2D eigenvalue weighted by Crippen LogP contribution is 2.21. The second-order valence-corrected chi connectivity index (χ2v) is 15.9. The van der Waals surface area contributed by atoms with Gasteiger partial charge in [-0.2, -0.15) is 0 Å². The lowest BCUT2D eigenvalue weighted by Gasteiger charge is -2.31. The fourth-order valence-corrected chi connectivity index (χ4v) is 6.97. The first-order chi connectivity index (χ1) is 28.5. The molecule has 1 aromatic carbocycles. The number of rotatable bonds is 24. The summed E-state index contributed by atoms with van der Waals surface area (Å²) in [5, 5.41) is 36.8. The number of phenolic OH excluding ortho intramolecular Hbond substituents is 1. The number of hydrogen-bond acceptors (Lipinski definition) is 12. The molecular weight excluding hydrogens is 777 g/mol. The van der Waals surface area contributed by atoms with Gasteiger partial charge in [0.2, 0.25) is 29.5 Å². The van der Waals surface area contributed by atoms with Crippen LogP contribution >= 0.6 is 0 Å². The summed E-state index contributed by atoms with van der Waals surface area (Å²) in [5.41, 5.74) is 17.8. The normalized spacial score (nSPS) is 17.8. The number of guanidine groups is 2. The Morgan fingerprint density at radius 1 is 0.933 bits per heavy atom. The van der Waals surface area contributed by atoms with E-state index in [0.717, 1.165) is 6.54 Å². The molecule has 0 spiro atoms. The Bertz CT molecular complexity index is 1670. The molecule has 1 aromatic rings. The minimum absolute atomic E-state index is 0.00279. The number of carbonyl (C=O) groups excluding carboxylic acids is 5. The Morgan fingerprint density at radius 2 is 1.63 bits per heavy atom. The molecule has 20 heteroatoms. The fraction of sp³-hybridized carbons (Fsp3) is 0.650. The maximum atomic E-state index is 14.2. The van der Waals surface area contributed by atoms with Crippen LogP contribution in [0.5, 0.6) is 5.75 Å². The highest BCUT2D eigenvalue weighted by atomic mass is 16.4. The van der Waals surface area contributed by atoms with Gasteiger partial charge in [-0.05, 0) is 74.5 Å². The van der Waals surface area contributed by atoms with Crippen LogP contribution in [0.1, 0.15) is 84.6 Å². The Labute approximate surface area is 351 Å². The number of likely N-dealkylation sites (tertiary alicyclic amines) is 1. The molecule has 0 unspecified atom stereocenters. The van der Waals surface area contributed by atoms with Gasteiger partial charge in [-0.3, -0.25) is 34.0 Å². The number of nitrogens with two attached hydrogens (primary N) is 3. The van der Waals surface area contributed by atoms with Crippen LogP contribution in [-0.2, 0) is 35.2 Å². The van der Waals surface area contributed by atoms with Crippen LogP contribution in [0.2, 0.25) is 0 Å². The smallest absolute Gasteiger partial charge is 0.326 e. The highest BCUT2D eigenvalue weighted by molar-refractivity contribution is 5.97. The average molecular weight is 843 g/mol. The van der Waals surface area contributed by atoms with Gasteiger partial charge in [-0.15, -0.1) is 0 Å². The third-order valence-corrected chi connectivity index (χ3v) is 10.5. The Balaban J connectivity index is 1.80. The maximum absolute atomic E-state index is 14.2. The van der Waals surface area contributed by atoms with Crippen LogP contribution in [0.25, 0.3) is 0 Å². The van der Waals surface area contributed by atoms with E-state index in [-0.39, 0.29) is 56.4 Å². The number of carboxylic acids is 1. The summed E-state index contributed by atoms with van der Waals surface area (Å²) in [6, 6.07) is -0.472. The molecule has 3 rings (SSSR count). The first-order valence-electron chi connectivity index (χ1n) is 20.9. The quantitative estimate of drug-likeness (QED) is 0.0330. The van der Waals surface area contributed by atoms with Crippen LogP contribution in [0.15, 0.2) is 34.3 Å². The summed E-state index contributed by atoms with van der Waals surface area (Å²) in [5.74, 6) is -4.11. The molecule has 0 aromatic heterocycles. The number of aromatic hydroxyl groups is 1. The standard InChI is InChI=1S/C40H66N12O8/c1-5-24(4)32(36(57)50-30(38(59)60)21-23(2)3)51-34(55)29(22-25-12-14-26(53)15-13-25)49-35(56)31-11-8-20-52(31)37(58)28(10-7-16-44-39(42)43)48-33(54)27(41)9-6-17-45-40-46-18-19-47-40/h12-15,23-24,27-32,53H,5-11,16-22,41H2,1-4H3,(H,48,54)(H,49,56)(H,50,57)(H,51,55)(H,59,60)(H4,42,43,44)(H2,45,46,47)/t24-,27-,28-,29-,30-,31-,32-/m0/s1. The zero-order chi connectivity index (χ0) is 44.4. The number of nitrogens with zero attached hydrogens (tertiary/aromatic N) is 3. The first-order valence-corrected chi connectivity index (χ1v) is 20.9. The van der Waals surface area contributed by atoms with Crippen molar-refractivity contribution < 1.29 is 39.0 Å². The van der Waals surface area contributed by atoms with Crippen LogP contribution in [0, 0.1) is 11.8 Å². The van der Waals surface area contributed by atoms with Crippen LogP contribution in [0.3, 0.4) is 0 Å². The molecule has 2 aliphatic heterocycles. The van der Waals surface area contributed by atoms with E-state index in [4.69, 9.17) is 17.2 Å². The number of phenols is 1. The summed E-state index contributed by atoms with van der Waals surface area (Å²) in [4.78, 5) is 90.9. The van der Waals surface area contributed by atoms with Crippen molar-refractivity contribution in [3.05, 3.63) is 29.8 Å². The maximum Gasteiger partial charge on any atom is 0.326 e. The number of hydrogen-bond donors (Lipinski definition) is 11. The Morgan fingerprint density at radius 3 is 2.25 bits per heavy atom. The van der Waals surface area contributed by atoms with Crippen molar-refractivity contribution in [1.82, 2.24) is 36.8 Å². The van der Waals surface area contributed by atoms with Crippen molar-refractivity contribution in [2.45, 2.75) is 122 Å². The van der Waals surface area contributed by atoms with Gasteiger partial charge in [-0.1, -0.05) is 46.2 Å². The topological polar surface area (TPSA) is 321 Å². The highest BCUT2D eigenvalue weighted by Gasteiger charge is 2.40. The SMILES string of the molecule is CC[C@H](C)[C@H](NC(=O)[C@H](Cc1ccc(O)cc1)NC(=O)[C@@H]1CCCN1C(=O)[C@H](CCCN=C(N)N)NC(=O)[C@@H](N)CCCNC1=NCCN1)C(=O)N[C@@H](CC(C)C)C(=O)O. The van der Waals surface area contributed by atoms with Crippen LogP contribution < -0.4 is 49.1 Å². The number of carbonyl (C=O) groups is 6. The van der Waals surface area contributed by atoms with Crippen molar-refractivity contribution in [1.29, 1.82) is 0 Å². The van der Waals surface area contributed by atoms with Gasteiger partial charge in [0.15, 0.2) is 11.9 Å². The zero-order valence-corrected chi connectivity index (χ0v) is 35.2. The fourth-order valence-electron chi connectivity index (χ4n) is 6.97. The molecular formula is C40H66N12O8. The van der Waals surface area contributed by atoms with Gasteiger partial charge in [0.25, 0.3) is 0 Å². The van der Waals surface area contributed by atoms with Crippen molar-refractivity contribution >= 4 is 47.4 Å². The molecule has 0 bridgehead atoms. The Hall–Kier alpha value is -5.66. The van der Waals surface area contributed by atoms with E-state index in [1.165, 1.54) is 17.0 Å². The number of carboxylic acid groups (broad SMARTS) is 1. The lowest BCUT2D eigenvalue weighted by atomic mass is 9.96. The average Bonchev–Trinajstić information content (AvgIpc) is 3.92. The van der Waals surface area contributed by atoms with Gasteiger partial charge in [0, 0.05) is 32.6 Å². The number of aliphatic imine (C=N–C) groups is 2. The van der Waals surface area contributed by atoms with E-state index in [1.807, 2.05) is 20.8 Å². The summed E-state index contributed by atoms with van der Waals surface area (Å²) >= 11 is 0. The van der Waals surface area contributed by atoms with E-state index >= 15 is 0 Å². The molecule has 0 saturated carbocycles. The molecule has 14 N–H and O–H groups in total. The summed E-state index contributed by atoms with van der Waals surface area (Å²) in [7, 11) is 0. The summed E-state index contributed by atoms with van der Waals surface area (Å²) in [6.07, 6.45) is 2.73. The van der Waals surface area contributed by atoms with E-state index in [2.05, 4.69) is 41.9 Å². The molecule has 7 atom stereocenters. The molecule has 1 saturated heterocycles. The molecule has 5 amide bonds. The minimum Gasteiger partial charge on any atom is -0.508 e. The molecule has 0 radical (unpaired) electrons. The summed E-state index contributed by atoms with van der Waals surface area (Å²) in [6.45, 7) is 9.63. The van der Waals surface area contributed by atoms with Gasteiger partial charge in [0.1, 0.15) is 36.0 Å². The molecule has 1 fully saturated rings. The van der Waals surface area contributed by atoms with E-state index in [0.29, 0.717) is 56.7 Å². The van der Waals surface area contributed by atoms with Crippen LogP contribution in [-0.4, -0.2) is 132 Å². The minimum atomic E-state index is -1.25. The van der Waals surface area contributed by atoms with Gasteiger partial charge in [0.05, 0.1) is 12.6 Å². The molecule has 0 aliphatic carbocycles. The lowest BCUT2D eigenvalue weighted by Crippen LogP contribution is -2.60. The molecule has 20 nitrogen and oxygen atoms in total. The van der Waals surface area contributed by atoms with Gasteiger partial charge >= 0.3 is 5.97 Å². The second-order valence-electron chi connectivity index (χ2n) is 15.9. The van der Waals surface area contributed by atoms with Crippen LogP contribution in [0.4, 0.5) is 0 Å². The Kier molecular flexibility index (Phi) is 19.8. The predicted molar refractivity (Wildman–Crippen MR) is 226 cm³/mol. The van der Waals surface area contributed by atoms with Crippen molar-refractivity contribution in [2.24, 2.45) is 39.0 Å². The predicted octanol–water partition coefficient (Wildman–Crippen LogP) is -1.25. The van der Waals surface area contributed by atoms with E-state index in [1.54, 1.807) is 19.1 Å². The third kappa shape index (κ3) is 15.8. The largest absolute Gasteiger partial charge is 0.508 e. The number of amides is 5. The van der Waals surface area contributed by atoms with Crippen molar-refractivity contribution in [3.8, 4) is 5.75 Å². The van der Waals surface area contributed by atoms with Crippen molar-refractivity contribution in [3.63, 3.8) is 0 Å². The number of benzene rings is 1. The number of nitrogens with one attached hydrogen (secondary N) is 6. The van der Waals surface area contributed by atoms with E-state index in [9.17, 15) is 39.0 Å². The number of aliphatic carboxylic acids is 1. The first kappa shape index (κ1) is 48.7. The molecule has 60 heavy (non-hydrogen) atoms. The molecule has 2 aliphatic rings. The van der Waals surface area contributed by atoms with E-state index < -0.39 is 77.7 Å². The second kappa shape index (κ2) is 24.4. The van der Waals surface area contributed by atoms with Gasteiger partial charge in [-0.25, -0.2) is 4.79 Å². The third-order valence-electron chi connectivity index (χ3n) is 10.5.